The van der Waals surface area contributed by atoms with Crippen molar-refractivity contribution < 1.29 is 62.7 Å². The lowest BCUT2D eigenvalue weighted by molar-refractivity contribution is -0.150. The van der Waals surface area contributed by atoms with Crippen LogP contribution in [0.2, 0.25) is 0 Å². The molecule has 2 bridgehead atoms. The number of nitrogens with zero attached hydrogens (tertiary/aromatic N) is 1. The summed E-state index contributed by atoms with van der Waals surface area (Å²) in [5.41, 5.74) is 8.79. The molecule has 8 amide bonds. The highest BCUT2D eigenvalue weighted by molar-refractivity contribution is 6.45. The summed E-state index contributed by atoms with van der Waals surface area (Å²) in [4.78, 5) is 115. The lowest BCUT2D eigenvalue weighted by Gasteiger charge is -2.60. The van der Waals surface area contributed by atoms with Gasteiger partial charge in [0, 0.05) is 19.0 Å². The molecule has 0 spiro atoms. The van der Waals surface area contributed by atoms with Crippen molar-refractivity contribution in [2.24, 2.45) is 23.0 Å². The van der Waals surface area contributed by atoms with Gasteiger partial charge in [-0.25, -0.2) is 0 Å². The maximum Gasteiger partial charge on any atom is 0.478 e. The summed E-state index contributed by atoms with van der Waals surface area (Å²) in [5.74, 6) is -7.12. The maximum absolute atomic E-state index is 13.3. The Hall–Kier alpha value is -6.39. The number of carbonyl (C=O) groups is 9. The quantitative estimate of drug-likeness (QED) is 0.0551. The fraction of sp³-hybridized carbons (Fsp3) is 0.543. The van der Waals surface area contributed by atoms with Crippen LogP contribution < -0.4 is 37.6 Å². The van der Waals surface area contributed by atoms with Crippen LogP contribution in [0.15, 0.2) is 48.5 Å². The first-order valence-corrected chi connectivity index (χ1v) is 22.9. The van der Waals surface area contributed by atoms with Crippen LogP contribution >= 0.6 is 0 Å². The molecule has 2 aromatic rings. The van der Waals surface area contributed by atoms with Crippen molar-refractivity contribution in [2.45, 2.75) is 102 Å². The lowest BCUT2D eigenvalue weighted by atomic mass is 9.47. The number of carboxylic acids is 1. The van der Waals surface area contributed by atoms with Gasteiger partial charge in [0.2, 0.25) is 41.4 Å². The Balaban J connectivity index is 1.04. The summed E-state index contributed by atoms with van der Waals surface area (Å²) in [6.45, 7) is 3.67. The Labute approximate surface area is 394 Å². The van der Waals surface area contributed by atoms with E-state index in [1.807, 2.05) is 12.1 Å². The SMILES string of the molecule is CCCCc1ccc(-c2ccc(C(=O)N[C@H](CO)C(=O)NCC(=O)NCC(=O)N(C)[C@@H](CCC(=O)O)C(=O)NCC(=O)N[C@@H](CC(N)=O)C(=O)NCB3OC4C[C@@H]5C[C@H](C4O3)C5(C)C)cc2)cc1. The molecule has 1 saturated heterocycles. The van der Waals surface area contributed by atoms with E-state index < -0.39 is 118 Å². The molecule has 4 aliphatic rings. The third-order valence-corrected chi connectivity index (χ3v) is 13.1. The van der Waals surface area contributed by atoms with Crippen molar-refractivity contribution in [2.75, 3.05) is 39.7 Å². The third-order valence-electron chi connectivity index (χ3n) is 13.1. The molecule has 3 aliphatic carbocycles. The minimum Gasteiger partial charge on any atom is -0.481 e. The molecule has 2 unspecified atom stereocenters. The van der Waals surface area contributed by atoms with E-state index in [0.29, 0.717) is 11.8 Å². The number of amides is 8. The van der Waals surface area contributed by atoms with Crippen LogP contribution in [0.25, 0.3) is 11.1 Å². The van der Waals surface area contributed by atoms with Gasteiger partial charge in [-0.05, 0) is 78.2 Å². The van der Waals surface area contributed by atoms with Gasteiger partial charge in [-0.15, -0.1) is 0 Å². The minimum atomic E-state index is -1.44. The summed E-state index contributed by atoms with van der Waals surface area (Å²) in [6, 6.07) is 10.5. The summed E-state index contributed by atoms with van der Waals surface area (Å²) >= 11 is 0. The van der Waals surface area contributed by atoms with Crippen molar-refractivity contribution in [3.8, 4) is 11.1 Å². The number of aliphatic hydroxyl groups excluding tert-OH is 1. The number of carboxylic acid groups (broad SMARTS) is 1. The zero-order chi connectivity index (χ0) is 49.7. The minimum absolute atomic E-state index is 0.0534. The third kappa shape index (κ3) is 14.1. The van der Waals surface area contributed by atoms with Gasteiger partial charge in [-0.3, -0.25) is 43.2 Å². The Bertz CT molecular complexity index is 2180. The van der Waals surface area contributed by atoms with E-state index in [2.05, 4.69) is 64.8 Å². The lowest BCUT2D eigenvalue weighted by Crippen LogP contribution is -2.59. The monoisotopic (exact) mass is 946 g/mol. The molecule has 1 heterocycles. The average Bonchev–Trinajstić information content (AvgIpc) is 3.75. The molecule has 22 heteroatoms. The maximum atomic E-state index is 13.3. The fourth-order valence-corrected chi connectivity index (χ4v) is 8.83. The second-order valence-electron chi connectivity index (χ2n) is 18.1. The highest BCUT2D eigenvalue weighted by atomic mass is 16.7. The van der Waals surface area contributed by atoms with E-state index in [1.165, 1.54) is 12.6 Å². The van der Waals surface area contributed by atoms with Gasteiger partial charge >= 0.3 is 13.1 Å². The topological polar surface area (TPSA) is 314 Å². The van der Waals surface area contributed by atoms with E-state index in [-0.39, 0.29) is 36.1 Å². The largest absolute Gasteiger partial charge is 0.481 e. The van der Waals surface area contributed by atoms with Crippen LogP contribution in [0.3, 0.4) is 0 Å². The molecule has 2 aromatic carbocycles. The van der Waals surface area contributed by atoms with E-state index in [0.717, 1.165) is 48.1 Å². The van der Waals surface area contributed by atoms with Gasteiger partial charge in [0.25, 0.3) is 5.91 Å². The first kappa shape index (κ1) is 52.6. The Morgan fingerprint density at radius 2 is 1.44 bits per heavy atom. The molecule has 6 rings (SSSR count). The number of hydrogen-bond acceptors (Lipinski definition) is 12. The second kappa shape index (κ2) is 24.1. The number of carbonyl (C=O) groups excluding carboxylic acids is 8. The number of primary amides is 1. The molecule has 68 heavy (non-hydrogen) atoms. The molecule has 10 N–H and O–H groups in total. The highest BCUT2D eigenvalue weighted by Crippen LogP contribution is 2.61. The van der Waals surface area contributed by atoms with Crippen molar-refractivity contribution in [1.29, 1.82) is 0 Å². The molecule has 3 saturated carbocycles. The van der Waals surface area contributed by atoms with Gasteiger partial charge < -0.3 is 62.1 Å². The van der Waals surface area contributed by atoms with E-state index in [9.17, 15) is 53.4 Å². The molecule has 0 radical (unpaired) electrons. The first-order chi connectivity index (χ1) is 32.3. The predicted octanol–water partition coefficient (Wildman–Crippen LogP) is -0.819. The molecule has 7 atom stereocenters. The number of hydrogen-bond donors (Lipinski definition) is 9. The van der Waals surface area contributed by atoms with Crippen LogP contribution in [-0.4, -0.2) is 146 Å². The number of nitrogens with one attached hydrogen (secondary N) is 6. The molecular weight excluding hydrogens is 883 g/mol. The van der Waals surface area contributed by atoms with Gasteiger partial charge in [0.15, 0.2) is 0 Å². The number of aliphatic hydroxyl groups is 1. The number of nitrogens with two attached hydrogens (primary N) is 1. The number of rotatable bonds is 25. The van der Waals surface area contributed by atoms with Crippen molar-refractivity contribution >= 4 is 60.3 Å². The van der Waals surface area contributed by atoms with Gasteiger partial charge in [-0.1, -0.05) is 63.6 Å². The number of benzene rings is 2. The molecule has 4 fully saturated rings. The summed E-state index contributed by atoms with van der Waals surface area (Å²) in [6.07, 6.45) is 3.36. The Kier molecular flexibility index (Phi) is 18.6. The normalized spacial score (nSPS) is 19.9. The van der Waals surface area contributed by atoms with Crippen LogP contribution in [0, 0.1) is 17.3 Å². The van der Waals surface area contributed by atoms with Gasteiger partial charge in [0.1, 0.15) is 18.1 Å². The molecule has 21 nitrogen and oxygen atoms in total. The molecule has 1 aliphatic heterocycles. The number of likely N-dealkylation sites (N-methyl/N-ethyl adjacent to an activating group) is 1. The van der Waals surface area contributed by atoms with Crippen LogP contribution in [-0.2, 0) is 54.1 Å². The smallest absolute Gasteiger partial charge is 0.478 e. The molecule has 0 aromatic heterocycles. The second-order valence-corrected chi connectivity index (χ2v) is 18.1. The van der Waals surface area contributed by atoms with E-state index in [1.54, 1.807) is 24.3 Å². The zero-order valence-electron chi connectivity index (χ0n) is 38.8. The van der Waals surface area contributed by atoms with Crippen molar-refractivity contribution in [1.82, 2.24) is 36.8 Å². The number of aryl methyl sites for hydroxylation is 1. The summed E-state index contributed by atoms with van der Waals surface area (Å²) in [7, 11) is 0.454. The fourth-order valence-electron chi connectivity index (χ4n) is 8.83. The first-order valence-electron chi connectivity index (χ1n) is 22.9. The number of unbranched alkanes of at least 4 members (excludes halogenated alkanes) is 1. The van der Waals surface area contributed by atoms with E-state index in [4.69, 9.17) is 15.0 Å². The molecular formula is C46H63BN8O13. The van der Waals surface area contributed by atoms with Gasteiger partial charge in [-0.2, -0.15) is 0 Å². The van der Waals surface area contributed by atoms with Crippen molar-refractivity contribution in [3.05, 3.63) is 59.7 Å². The van der Waals surface area contributed by atoms with Crippen LogP contribution in [0.4, 0.5) is 0 Å². The zero-order valence-corrected chi connectivity index (χ0v) is 38.8. The average molecular weight is 947 g/mol. The van der Waals surface area contributed by atoms with Crippen molar-refractivity contribution in [3.63, 3.8) is 0 Å². The molecule has 368 valence electrons. The predicted molar refractivity (Wildman–Crippen MR) is 246 cm³/mol. The van der Waals surface area contributed by atoms with Gasteiger partial charge in [0.05, 0.1) is 51.3 Å². The Morgan fingerprint density at radius 1 is 0.809 bits per heavy atom. The summed E-state index contributed by atoms with van der Waals surface area (Å²) in [5, 5.41) is 33.4. The summed E-state index contributed by atoms with van der Waals surface area (Å²) < 4.78 is 12.1. The Morgan fingerprint density at radius 3 is 2.06 bits per heavy atom. The standard InChI is InChI=1S/C46H63BN8O13/c1-5-6-7-26-8-10-27(11-9-26)28-12-14-29(15-13-28)42(63)54-33(24-56)44(65)50-21-37(58)49-23-39(60)55(4)34(16-17-40(61)62)45(66)51-22-38(59)53-32(20-36(48)57)43(64)52-25-47-67-35-19-30-18-31(41(35)68-47)46(30,2)3/h8-15,30-35,41,56H,5-7,16-25H2,1-4H3,(H2,48,57)(H,49,58)(H,50,65)(H,51,66)(H,52,64)(H,53,59)(H,54,63)(H,61,62)/t30-,31+,32-,33+,34-,35?,41?/m0/s1. The highest BCUT2D eigenvalue weighted by Gasteiger charge is 2.62. The van der Waals surface area contributed by atoms with E-state index >= 15 is 0 Å². The number of aliphatic carboxylic acids is 1. The van der Waals surface area contributed by atoms with Crippen LogP contribution in [0.5, 0.6) is 0 Å². The van der Waals surface area contributed by atoms with Crippen LogP contribution in [0.1, 0.15) is 81.6 Å².